The molecule has 0 unspecified atom stereocenters. The first kappa shape index (κ1) is 11.0. The third-order valence-electron chi connectivity index (χ3n) is 3.03. The van der Waals surface area contributed by atoms with Crippen LogP contribution in [0.5, 0.6) is 0 Å². The lowest BCUT2D eigenvalue weighted by molar-refractivity contribution is 0.249. The summed E-state index contributed by atoms with van der Waals surface area (Å²) in [6.07, 6.45) is 4.78. The van der Waals surface area contributed by atoms with E-state index in [9.17, 15) is 8.42 Å². The lowest BCUT2D eigenvalue weighted by Gasteiger charge is -2.30. The third-order valence-corrected chi connectivity index (χ3v) is 4.18. The van der Waals surface area contributed by atoms with Gasteiger partial charge in [0.25, 0.3) is 0 Å². The summed E-state index contributed by atoms with van der Waals surface area (Å²) in [6, 6.07) is 0. The Kier molecular flexibility index (Phi) is 3.02. The number of sulfonamides is 1. The van der Waals surface area contributed by atoms with Crippen LogP contribution < -0.4 is 5.14 Å². The predicted molar refractivity (Wildman–Crippen MR) is 53.7 cm³/mol. The van der Waals surface area contributed by atoms with E-state index in [1.165, 1.54) is 12.8 Å². The van der Waals surface area contributed by atoms with E-state index in [0.29, 0.717) is 5.92 Å². The molecular formula is C9H19NO2S. The molecule has 0 spiro atoms. The molecule has 1 rings (SSSR count). The van der Waals surface area contributed by atoms with E-state index in [2.05, 4.69) is 0 Å². The average Bonchev–Trinajstić information content (AvgIpc) is 2.29. The first-order valence-electron chi connectivity index (χ1n) is 4.82. The van der Waals surface area contributed by atoms with Crippen molar-refractivity contribution in [1.29, 1.82) is 0 Å². The normalized spacial score (nSPS) is 20.8. The first-order chi connectivity index (χ1) is 5.81. The molecule has 0 aliphatic heterocycles. The molecule has 0 atom stereocenters. The summed E-state index contributed by atoms with van der Waals surface area (Å²) in [4.78, 5) is 0. The van der Waals surface area contributed by atoms with Crippen molar-refractivity contribution in [3.63, 3.8) is 0 Å². The highest BCUT2D eigenvalue weighted by molar-refractivity contribution is 7.89. The molecule has 0 bridgehead atoms. The topological polar surface area (TPSA) is 60.2 Å². The van der Waals surface area contributed by atoms with E-state index < -0.39 is 10.0 Å². The fraction of sp³-hybridized carbons (Fsp3) is 1.00. The maximum absolute atomic E-state index is 11.0. The molecule has 1 aliphatic rings. The number of rotatable bonds is 3. The molecule has 4 heteroatoms. The molecule has 1 saturated carbocycles. The van der Waals surface area contributed by atoms with Gasteiger partial charge in [-0.15, -0.1) is 0 Å². The van der Waals surface area contributed by atoms with E-state index in [1.807, 2.05) is 13.8 Å². The van der Waals surface area contributed by atoms with Gasteiger partial charge in [0.15, 0.2) is 0 Å². The molecule has 0 aromatic carbocycles. The SMILES string of the molecule is CC(C)(CS(N)(=O)=O)C1CCCC1. The Labute approximate surface area is 80.8 Å². The molecule has 0 amide bonds. The third kappa shape index (κ3) is 3.27. The zero-order chi connectivity index (χ0) is 10.1. The van der Waals surface area contributed by atoms with Crippen LogP contribution in [0.3, 0.4) is 0 Å². The van der Waals surface area contributed by atoms with Gasteiger partial charge in [0.2, 0.25) is 10.0 Å². The molecule has 0 aromatic heterocycles. The maximum atomic E-state index is 11.0. The van der Waals surface area contributed by atoms with E-state index >= 15 is 0 Å². The Hall–Kier alpha value is -0.0900. The van der Waals surface area contributed by atoms with Crippen LogP contribution in [0.4, 0.5) is 0 Å². The van der Waals surface area contributed by atoms with Crippen molar-refractivity contribution in [3.8, 4) is 0 Å². The molecule has 0 saturated heterocycles. The highest BCUT2D eigenvalue weighted by Crippen LogP contribution is 2.39. The minimum absolute atomic E-state index is 0.116. The van der Waals surface area contributed by atoms with Crippen LogP contribution in [0.1, 0.15) is 39.5 Å². The summed E-state index contributed by atoms with van der Waals surface area (Å²) < 4.78 is 22.0. The Morgan fingerprint density at radius 1 is 1.31 bits per heavy atom. The van der Waals surface area contributed by atoms with Crippen molar-refractivity contribution in [2.24, 2.45) is 16.5 Å². The number of nitrogens with two attached hydrogens (primary N) is 1. The second kappa shape index (κ2) is 3.58. The molecule has 78 valence electrons. The number of hydrogen-bond acceptors (Lipinski definition) is 2. The summed E-state index contributed by atoms with van der Waals surface area (Å²) in [7, 11) is -3.32. The summed E-state index contributed by atoms with van der Waals surface area (Å²) in [5, 5.41) is 5.06. The highest BCUT2D eigenvalue weighted by atomic mass is 32.2. The van der Waals surface area contributed by atoms with Gasteiger partial charge in [-0.2, -0.15) is 0 Å². The average molecular weight is 205 g/mol. The van der Waals surface area contributed by atoms with E-state index in [4.69, 9.17) is 5.14 Å². The van der Waals surface area contributed by atoms with Crippen LogP contribution in [-0.2, 0) is 10.0 Å². The summed E-state index contributed by atoms with van der Waals surface area (Å²) in [6.45, 7) is 4.01. The van der Waals surface area contributed by atoms with Gasteiger partial charge in [-0.1, -0.05) is 26.7 Å². The van der Waals surface area contributed by atoms with Crippen molar-refractivity contribution in [3.05, 3.63) is 0 Å². The molecule has 0 radical (unpaired) electrons. The van der Waals surface area contributed by atoms with Crippen LogP contribution in [0.15, 0.2) is 0 Å². The van der Waals surface area contributed by atoms with Crippen molar-refractivity contribution in [2.75, 3.05) is 5.75 Å². The lowest BCUT2D eigenvalue weighted by Crippen LogP contribution is -2.34. The minimum Gasteiger partial charge on any atom is -0.229 e. The lowest BCUT2D eigenvalue weighted by atomic mass is 9.79. The quantitative estimate of drug-likeness (QED) is 0.759. The van der Waals surface area contributed by atoms with Gasteiger partial charge in [-0.3, -0.25) is 0 Å². The standard InChI is InChI=1S/C9H19NO2S/c1-9(2,7-13(10,11)12)8-5-3-4-6-8/h8H,3-7H2,1-2H3,(H2,10,11,12). The molecule has 0 aromatic rings. The Morgan fingerprint density at radius 3 is 2.15 bits per heavy atom. The van der Waals surface area contributed by atoms with Gasteiger partial charge in [-0.05, 0) is 24.2 Å². The van der Waals surface area contributed by atoms with Crippen molar-refractivity contribution in [1.82, 2.24) is 0 Å². The largest absolute Gasteiger partial charge is 0.229 e. The molecule has 1 aliphatic carbocycles. The van der Waals surface area contributed by atoms with Gasteiger partial charge in [0, 0.05) is 0 Å². The van der Waals surface area contributed by atoms with Gasteiger partial charge < -0.3 is 0 Å². The van der Waals surface area contributed by atoms with Crippen LogP contribution in [-0.4, -0.2) is 14.2 Å². The minimum atomic E-state index is -3.32. The molecule has 1 fully saturated rings. The summed E-state index contributed by atoms with van der Waals surface area (Å²) in [5.74, 6) is 0.649. The predicted octanol–water partition coefficient (Wildman–Crippen LogP) is 1.49. The first-order valence-corrected chi connectivity index (χ1v) is 6.53. The Balaban J connectivity index is 2.64. The smallest absolute Gasteiger partial charge is 0.209 e. The Bertz CT molecular complexity index is 263. The van der Waals surface area contributed by atoms with Crippen LogP contribution in [0.25, 0.3) is 0 Å². The zero-order valence-corrected chi connectivity index (χ0v) is 9.23. The van der Waals surface area contributed by atoms with Gasteiger partial charge in [0.1, 0.15) is 0 Å². The second-order valence-corrected chi connectivity index (χ2v) is 6.39. The van der Waals surface area contributed by atoms with Crippen LogP contribution in [0, 0.1) is 11.3 Å². The van der Waals surface area contributed by atoms with E-state index in [-0.39, 0.29) is 11.2 Å². The molecule has 3 nitrogen and oxygen atoms in total. The van der Waals surface area contributed by atoms with Crippen LogP contribution >= 0.6 is 0 Å². The fourth-order valence-corrected chi connectivity index (χ4v) is 3.62. The van der Waals surface area contributed by atoms with E-state index in [0.717, 1.165) is 12.8 Å². The summed E-state index contributed by atoms with van der Waals surface area (Å²) in [5.41, 5.74) is -0.149. The van der Waals surface area contributed by atoms with E-state index in [1.54, 1.807) is 0 Å². The highest BCUT2D eigenvalue weighted by Gasteiger charge is 2.34. The van der Waals surface area contributed by atoms with Crippen molar-refractivity contribution in [2.45, 2.75) is 39.5 Å². The van der Waals surface area contributed by atoms with Gasteiger partial charge in [-0.25, -0.2) is 13.6 Å². The van der Waals surface area contributed by atoms with Crippen molar-refractivity contribution < 1.29 is 8.42 Å². The number of primary sulfonamides is 1. The van der Waals surface area contributed by atoms with Crippen molar-refractivity contribution >= 4 is 10.0 Å². The van der Waals surface area contributed by atoms with Crippen LogP contribution in [0.2, 0.25) is 0 Å². The molecule has 0 heterocycles. The maximum Gasteiger partial charge on any atom is 0.209 e. The second-order valence-electron chi connectivity index (χ2n) is 4.78. The number of hydrogen-bond donors (Lipinski definition) is 1. The van der Waals surface area contributed by atoms with Gasteiger partial charge in [0.05, 0.1) is 5.75 Å². The fourth-order valence-electron chi connectivity index (χ4n) is 2.34. The summed E-state index contributed by atoms with van der Waals surface area (Å²) >= 11 is 0. The van der Waals surface area contributed by atoms with Gasteiger partial charge >= 0.3 is 0 Å². The molecule has 2 N–H and O–H groups in total. The zero-order valence-electron chi connectivity index (χ0n) is 8.41. The molecular weight excluding hydrogens is 186 g/mol. The molecule has 13 heavy (non-hydrogen) atoms. The Morgan fingerprint density at radius 2 is 1.77 bits per heavy atom. The monoisotopic (exact) mass is 205 g/mol.